The van der Waals surface area contributed by atoms with Gasteiger partial charge < -0.3 is 14.2 Å². The number of carbonyl (C=O) groups excluding carboxylic acids is 1. The summed E-state index contributed by atoms with van der Waals surface area (Å²) in [7, 11) is 0. The van der Waals surface area contributed by atoms with E-state index in [-0.39, 0.29) is 5.97 Å². The molecule has 134 valence electrons. The van der Waals surface area contributed by atoms with Crippen LogP contribution in [0.25, 0.3) is 0 Å². The largest absolute Gasteiger partial charge is 0.464 e. The Labute approximate surface area is 141 Å². The van der Waals surface area contributed by atoms with Crippen molar-refractivity contribution in [1.29, 1.82) is 0 Å². The van der Waals surface area contributed by atoms with Crippen molar-refractivity contribution in [2.24, 2.45) is 5.92 Å². The molecular weight excluding hydrogens is 292 g/mol. The maximum atomic E-state index is 11.7. The minimum Gasteiger partial charge on any atom is -0.464 e. The van der Waals surface area contributed by atoms with Gasteiger partial charge in [-0.1, -0.05) is 44.9 Å². The molecule has 1 aliphatic heterocycles. The maximum absolute atomic E-state index is 11.7. The van der Waals surface area contributed by atoms with E-state index in [2.05, 4.69) is 0 Å². The zero-order valence-corrected chi connectivity index (χ0v) is 14.8. The fourth-order valence-electron chi connectivity index (χ4n) is 3.51. The lowest BCUT2D eigenvalue weighted by Gasteiger charge is -2.19. The third-order valence-electron chi connectivity index (χ3n) is 5.15. The Morgan fingerprint density at radius 3 is 2.43 bits per heavy atom. The van der Waals surface area contributed by atoms with Crippen molar-refractivity contribution in [2.75, 3.05) is 26.4 Å². The van der Waals surface area contributed by atoms with Gasteiger partial charge in [0.05, 0.1) is 13.2 Å². The Bertz CT molecular complexity index is 330. The first-order valence-electron chi connectivity index (χ1n) is 9.66. The second-order valence-corrected chi connectivity index (χ2v) is 7.07. The molecule has 0 aromatic carbocycles. The van der Waals surface area contributed by atoms with Gasteiger partial charge in [-0.05, 0) is 38.5 Å². The Kier molecular flexibility index (Phi) is 8.38. The molecule has 0 bridgehead atoms. The summed E-state index contributed by atoms with van der Waals surface area (Å²) in [6.07, 6.45) is 13.8. The predicted octanol–water partition coefficient (Wildman–Crippen LogP) is 4.26. The molecule has 1 atom stereocenters. The van der Waals surface area contributed by atoms with Crippen LogP contribution in [0.4, 0.5) is 0 Å². The van der Waals surface area contributed by atoms with Crippen LogP contribution in [0.15, 0.2) is 0 Å². The number of carbonyl (C=O) groups is 1. The Balaban J connectivity index is 1.45. The number of unbranched alkanes of at least 4 members (excludes halogenated alkanes) is 1. The molecule has 4 nitrogen and oxygen atoms in total. The van der Waals surface area contributed by atoms with Crippen molar-refractivity contribution < 1.29 is 19.0 Å². The van der Waals surface area contributed by atoms with E-state index in [9.17, 15) is 4.79 Å². The van der Waals surface area contributed by atoms with Crippen molar-refractivity contribution in [2.45, 2.75) is 83.2 Å². The molecule has 2 rings (SSSR count). The molecule has 0 radical (unpaired) electrons. The summed E-state index contributed by atoms with van der Waals surface area (Å²) in [5.74, 6) is 0.687. The lowest BCUT2D eigenvalue weighted by Crippen LogP contribution is -2.27. The standard InChI is InChI=1S/C19H34O4/c1-2-22-18(20)19(16-23-19)13-8-9-14-21-15-12-17-10-6-4-3-5-7-11-17/h17H,2-16H2,1H3. The molecular formula is C19H34O4. The van der Waals surface area contributed by atoms with E-state index in [1.54, 1.807) is 0 Å². The van der Waals surface area contributed by atoms with E-state index < -0.39 is 5.60 Å². The molecule has 0 N–H and O–H groups in total. The van der Waals surface area contributed by atoms with Gasteiger partial charge in [0, 0.05) is 13.2 Å². The quantitative estimate of drug-likeness (QED) is 0.342. The van der Waals surface area contributed by atoms with E-state index in [4.69, 9.17) is 14.2 Å². The van der Waals surface area contributed by atoms with E-state index in [0.29, 0.717) is 13.2 Å². The average molecular weight is 326 g/mol. The molecule has 0 amide bonds. The molecule has 0 aromatic rings. The van der Waals surface area contributed by atoms with Crippen molar-refractivity contribution in [3.63, 3.8) is 0 Å². The highest BCUT2D eigenvalue weighted by Crippen LogP contribution is 2.34. The van der Waals surface area contributed by atoms with Gasteiger partial charge in [0.25, 0.3) is 0 Å². The molecule has 1 unspecified atom stereocenters. The number of esters is 1. The second-order valence-electron chi connectivity index (χ2n) is 7.07. The SMILES string of the molecule is CCOC(=O)C1(CCCCOCCC2CCCCCCC2)CO1. The zero-order valence-electron chi connectivity index (χ0n) is 14.8. The van der Waals surface area contributed by atoms with Crippen LogP contribution >= 0.6 is 0 Å². The summed E-state index contributed by atoms with van der Waals surface area (Å²) in [6, 6.07) is 0. The molecule has 0 aromatic heterocycles. The highest BCUT2D eigenvalue weighted by Gasteiger charge is 2.52. The summed E-state index contributed by atoms with van der Waals surface area (Å²) in [6.45, 7) is 4.47. The monoisotopic (exact) mass is 326 g/mol. The Hall–Kier alpha value is -0.610. The number of rotatable bonds is 10. The topological polar surface area (TPSA) is 48.1 Å². The first kappa shape index (κ1) is 18.7. The average Bonchev–Trinajstić information content (AvgIpc) is 3.29. The third kappa shape index (κ3) is 6.80. The van der Waals surface area contributed by atoms with Crippen LogP contribution in [-0.4, -0.2) is 38.0 Å². The number of epoxide rings is 1. The fourth-order valence-corrected chi connectivity index (χ4v) is 3.51. The van der Waals surface area contributed by atoms with Crippen LogP contribution in [0.1, 0.15) is 77.6 Å². The lowest BCUT2D eigenvalue weighted by atomic mass is 9.89. The van der Waals surface area contributed by atoms with Crippen molar-refractivity contribution in [1.82, 2.24) is 0 Å². The summed E-state index contributed by atoms with van der Waals surface area (Å²) < 4.78 is 16.2. The minimum atomic E-state index is -0.616. The van der Waals surface area contributed by atoms with Crippen molar-refractivity contribution >= 4 is 5.97 Å². The van der Waals surface area contributed by atoms with E-state index in [0.717, 1.165) is 38.4 Å². The summed E-state index contributed by atoms with van der Waals surface area (Å²) in [4.78, 5) is 11.7. The third-order valence-corrected chi connectivity index (χ3v) is 5.15. The van der Waals surface area contributed by atoms with Gasteiger partial charge in [0.2, 0.25) is 0 Å². The first-order valence-corrected chi connectivity index (χ1v) is 9.66. The van der Waals surface area contributed by atoms with Gasteiger partial charge in [0.1, 0.15) is 0 Å². The molecule has 2 fully saturated rings. The Morgan fingerprint density at radius 2 is 1.78 bits per heavy atom. The van der Waals surface area contributed by atoms with Crippen LogP contribution in [0, 0.1) is 5.92 Å². The zero-order chi connectivity index (χ0) is 16.4. The molecule has 0 spiro atoms. The highest BCUT2D eigenvalue weighted by molar-refractivity contribution is 5.82. The van der Waals surface area contributed by atoms with E-state index in [1.165, 1.54) is 51.4 Å². The minimum absolute atomic E-state index is 0.190. The number of hydrogen-bond acceptors (Lipinski definition) is 4. The van der Waals surface area contributed by atoms with Gasteiger partial charge in [0.15, 0.2) is 5.60 Å². The van der Waals surface area contributed by atoms with Crippen LogP contribution in [0.2, 0.25) is 0 Å². The second kappa shape index (κ2) is 10.3. The van der Waals surface area contributed by atoms with Gasteiger partial charge in [-0.3, -0.25) is 0 Å². The van der Waals surface area contributed by atoms with Crippen molar-refractivity contribution in [3.05, 3.63) is 0 Å². The molecule has 1 aliphatic carbocycles. The Morgan fingerprint density at radius 1 is 1.09 bits per heavy atom. The van der Waals surface area contributed by atoms with Gasteiger partial charge in [-0.15, -0.1) is 0 Å². The van der Waals surface area contributed by atoms with Gasteiger partial charge in [-0.25, -0.2) is 4.79 Å². The summed E-state index contributed by atoms with van der Waals surface area (Å²) in [5.41, 5.74) is -0.616. The first-order chi connectivity index (χ1) is 11.3. The van der Waals surface area contributed by atoms with E-state index >= 15 is 0 Å². The number of hydrogen-bond donors (Lipinski definition) is 0. The number of ether oxygens (including phenoxy) is 3. The maximum Gasteiger partial charge on any atom is 0.340 e. The van der Waals surface area contributed by atoms with Crippen LogP contribution in [-0.2, 0) is 19.0 Å². The fraction of sp³-hybridized carbons (Fsp3) is 0.947. The molecule has 23 heavy (non-hydrogen) atoms. The van der Waals surface area contributed by atoms with Crippen LogP contribution in [0.3, 0.4) is 0 Å². The molecule has 1 heterocycles. The molecule has 4 heteroatoms. The van der Waals surface area contributed by atoms with Crippen LogP contribution in [0.5, 0.6) is 0 Å². The summed E-state index contributed by atoms with van der Waals surface area (Å²) in [5, 5.41) is 0. The normalized spacial score (nSPS) is 25.6. The predicted molar refractivity (Wildman–Crippen MR) is 90.4 cm³/mol. The molecule has 2 aliphatic rings. The van der Waals surface area contributed by atoms with Gasteiger partial charge >= 0.3 is 5.97 Å². The molecule has 1 saturated heterocycles. The highest BCUT2D eigenvalue weighted by atomic mass is 16.6. The van der Waals surface area contributed by atoms with E-state index in [1.807, 2.05) is 6.92 Å². The van der Waals surface area contributed by atoms with Crippen LogP contribution < -0.4 is 0 Å². The lowest BCUT2D eigenvalue weighted by molar-refractivity contribution is -0.149. The van der Waals surface area contributed by atoms with Crippen molar-refractivity contribution in [3.8, 4) is 0 Å². The molecule has 1 saturated carbocycles. The smallest absolute Gasteiger partial charge is 0.340 e. The summed E-state index contributed by atoms with van der Waals surface area (Å²) >= 11 is 0. The van der Waals surface area contributed by atoms with Gasteiger partial charge in [-0.2, -0.15) is 0 Å².